The van der Waals surface area contributed by atoms with E-state index in [1.807, 2.05) is 0 Å². The second-order valence-electron chi connectivity index (χ2n) is 3.68. The topological polar surface area (TPSA) is 69.4 Å². The third-order valence-electron chi connectivity index (χ3n) is 2.04. The fraction of sp³-hybridized carbons (Fsp3) is 0.444. The number of thiophene rings is 1. The molecule has 0 saturated carbocycles. The summed E-state index contributed by atoms with van der Waals surface area (Å²) in [5, 5.41) is 9.37. The van der Waals surface area contributed by atoms with Crippen molar-refractivity contribution in [2.75, 3.05) is 0 Å². The van der Waals surface area contributed by atoms with E-state index in [1.165, 1.54) is 0 Å². The number of hydrogen-bond acceptors (Lipinski definition) is 5. The van der Waals surface area contributed by atoms with Gasteiger partial charge in [-0.1, -0.05) is 11.3 Å². The zero-order valence-electron chi connectivity index (χ0n) is 9.91. The van der Waals surface area contributed by atoms with Gasteiger partial charge in [0.25, 0.3) is 11.2 Å². The number of ether oxygens (including phenoxy) is 1. The van der Waals surface area contributed by atoms with Gasteiger partial charge < -0.3 is 4.74 Å². The van der Waals surface area contributed by atoms with Crippen LogP contribution in [0.1, 0.15) is 16.6 Å². The molecule has 1 aromatic rings. The maximum atomic E-state index is 12.3. The van der Waals surface area contributed by atoms with Gasteiger partial charge in [-0.05, 0) is 6.92 Å². The number of carbonyl (C=O) groups is 1. The lowest BCUT2D eigenvalue weighted by atomic mass is 10.3. The highest BCUT2D eigenvalue weighted by Gasteiger charge is 2.59. The first kappa shape index (κ1) is 17.2. The molecule has 0 atom stereocenters. The number of alkyl halides is 6. The molecule has 0 amide bonds. The second-order valence-corrected chi connectivity index (χ2v) is 4.69. The lowest BCUT2D eigenvalue weighted by molar-refractivity contribution is -0.386. The van der Waals surface area contributed by atoms with Crippen LogP contribution in [0.5, 0.6) is 5.06 Å². The van der Waals surface area contributed by atoms with Crippen LogP contribution in [-0.2, 0) is 0 Å². The fourth-order valence-electron chi connectivity index (χ4n) is 1.18. The van der Waals surface area contributed by atoms with Crippen molar-refractivity contribution in [3.8, 4) is 5.06 Å². The standard InChI is InChI=1S/C9H5F6NO4S/c1-3(17)5-2-4(16(18)19)6(21-5)20-7(8(10,11)12)9(13,14)15/h2,7H,1H3. The largest absolute Gasteiger partial charge is 0.456 e. The molecule has 0 aliphatic rings. The molecular weight excluding hydrogens is 332 g/mol. The van der Waals surface area contributed by atoms with E-state index in [4.69, 9.17) is 0 Å². The van der Waals surface area contributed by atoms with Crippen LogP contribution in [0, 0.1) is 10.1 Å². The van der Waals surface area contributed by atoms with E-state index >= 15 is 0 Å². The van der Waals surface area contributed by atoms with Crippen molar-refractivity contribution in [1.29, 1.82) is 0 Å². The summed E-state index contributed by atoms with van der Waals surface area (Å²) in [7, 11) is 0. The lowest BCUT2D eigenvalue weighted by Gasteiger charge is -2.22. The van der Waals surface area contributed by atoms with Gasteiger partial charge in [0.2, 0.25) is 0 Å². The Hall–Kier alpha value is -1.85. The number of ketones is 1. The quantitative estimate of drug-likeness (QED) is 0.363. The van der Waals surface area contributed by atoms with Gasteiger partial charge in [-0.3, -0.25) is 14.9 Å². The van der Waals surface area contributed by atoms with Crippen molar-refractivity contribution in [2.45, 2.75) is 25.4 Å². The molecular formula is C9H5F6NO4S. The summed E-state index contributed by atoms with van der Waals surface area (Å²) in [5.74, 6) is -0.756. The minimum atomic E-state index is -5.81. The van der Waals surface area contributed by atoms with Crippen molar-refractivity contribution in [3.05, 3.63) is 21.1 Å². The van der Waals surface area contributed by atoms with Gasteiger partial charge in [0.1, 0.15) is 0 Å². The minimum Gasteiger partial charge on any atom is -0.456 e. The average Bonchev–Trinajstić information content (AvgIpc) is 2.66. The van der Waals surface area contributed by atoms with E-state index in [0.29, 0.717) is 6.07 Å². The highest BCUT2D eigenvalue weighted by Crippen LogP contribution is 2.43. The molecule has 21 heavy (non-hydrogen) atoms. The molecule has 1 rings (SSSR count). The van der Waals surface area contributed by atoms with E-state index in [1.54, 1.807) is 0 Å². The Bertz CT molecular complexity index is 550. The second kappa shape index (κ2) is 5.50. The predicted molar refractivity (Wildman–Crippen MR) is 57.5 cm³/mol. The monoisotopic (exact) mass is 337 g/mol. The van der Waals surface area contributed by atoms with Crippen LogP contribution in [0.3, 0.4) is 0 Å². The molecule has 118 valence electrons. The maximum absolute atomic E-state index is 12.3. The molecule has 0 aliphatic heterocycles. The number of carbonyl (C=O) groups excluding carboxylic acids is 1. The fourth-order valence-corrected chi connectivity index (χ4v) is 2.07. The normalized spacial score (nSPS) is 12.6. The van der Waals surface area contributed by atoms with Gasteiger partial charge in [-0.25, -0.2) is 0 Å². The summed E-state index contributed by atoms with van der Waals surface area (Å²) in [5.41, 5.74) is -1.14. The molecule has 5 nitrogen and oxygen atoms in total. The highest BCUT2D eigenvalue weighted by molar-refractivity contribution is 7.16. The van der Waals surface area contributed by atoms with Crippen LogP contribution in [0.15, 0.2) is 6.07 Å². The number of hydrogen-bond donors (Lipinski definition) is 0. The first-order valence-electron chi connectivity index (χ1n) is 4.93. The number of nitro groups is 1. The molecule has 0 unspecified atom stereocenters. The van der Waals surface area contributed by atoms with Crippen molar-refractivity contribution in [1.82, 2.24) is 0 Å². The minimum absolute atomic E-state index is 0.0431. The number of nitrogens with zero attached hydrogens (tertiary/aromatic N) is 1. The molecule has 0 N–H and O–H groups in total. The van der Waals surface area contributed by atoms with E-state index in [0.717, 1.165) is 6.92 Å². The zero-order chi connectivity index (χ0) is 16.6. The molecule has 1 aromatic heterocycles. The Morgan fingerprint density at radius 3 is 2.10 bits per heavy atom. The van der Waals surface area contributed by atoms with Crippen molar-refractivity contribution >= 4 is 22.8 Å². The molecule has 0 saturated heterocycles. The molecule has 0 bridgehead atoms. The Balaban J connectivity index is 3.26. The van der Waals surface area contributed by atoms with Gasteiger partial charge in [0.05, 0.1) is 9.80 Å². The SMILES string of the molecule is CC(=O)c1cc([N+](=O)[O-])c(OC(C(F)(F)F)C(F)(F)F)s1. The van der Waals surface area contributed by atoms with Crippen LogP contribution >= 0.6 is 11.3 Å². The van der Waals surface area contributed by atoms with E-state index in [2.05, 4.69) is 4.74 Å². The van der Waals surface area contributed by atoms with Crippen molar-refractivity contribution in [3.63, 3.8) is 0 Å². The van der Waals surface area contributed by atoms with E-state index < -0.39 is 39.9 Å². The van der Waals surface area contributed by atoms with Crippen molar-refractivity contribution < 1.29 is 40.8 Å². The molecule has 0 aliphatic carbocycles. The molecule has 0 radical (unpaired) electrons. The number of rotatable bonds is 4. The van der Waals surface area contributed by atoms with Crippen LogP contribution < -0.4 is 4.74 Å². The Morgan fingerprint density at radius 2 is 1.76 bits per heavy atom. The Labute approximate surface area is 116 Å². The third-order valence-corrected chi connectivity index (χ3v) is 3.16. The molecule has 0 spiro atoms. The summed E-state index contributed by atoms with van der Waals surface area (Å²) in [6.07, 6.45) is -15.8. The lowest BCUT2D eigenvalue weighted by Crippen LogP contribution is -2.46. The summed E-state index contributed by atoms with van der Waals surface area (Å²) in [6.45, 7) is 0.949. The highest BCUT2D eigenvalue weighted by atomic mass is 32.1. The van der Waals surface area contributed by atoms with Crippen LogP contribution in [0.2, 0.25) is 0 Å². The predicted octanol–water partition coefficient (Wildman–Crippen LogP) is 3.73. The first-order valence-corrected chi connectivity index (χ1v) is 5.75. The smallest absolute Gasteiger partial charge is 0.434 e. The van der Waals surface area contributed by atoms with Gasteiger partial charge in [0, 0.05) is 6.07 Å². The molecule has 1 heterocycles. The summed E-state index contributed by atoms with van der Waals surface area (Å²) < 4.78 is 77.7. The van der Waals surface area contributed by atoms with Gasteiger partial charge >= 0.3 is 18.0 Å². The molecule has 0 fully saturated rings. The number of halogens is 6. The molecule has 12 heteroatoms. The van der Waals surface area contributed by atoms with Crippen LogP contribution in [-0.4, -0.2) is 29.2 Å². The molecule has 0 aromatic carbocycles. The average molecular weight is 337 g/mol. The third kappa shape index (κ3) is 4.06. The van der Waals surface area contributed by atoms with Crippen LogP contribution in [0.4, 0.5) is 32.0 Å². The first-order chi connectivity index (χ1) is 9.34. The zero-order valence-corrected chi connectivity index (χ0v) is 10.7. The van der Waals surface area contributed by atoms with Crippen molar-refractivity contribution in [2.24, 2.45) is 0 Å². The van der Waals surface area contributed by atoms with E-state index in [9.17, 15) is 41.3 Å². The summed E-state index contributed by atoms with van der Waals surface area (Å²) >= 11 is 0.0431. The summed E-state index contributed by atoms with van der Waals surface area (Å²) in [4.78, 5) is 20.0. The van der Waals surface area contributed by atoms with Gasteiger partial charge in [-0.15, -0.1) is 0 Å². The van der Waals surface area contributed by atoms with Gasteiger partial charge in [-0.2, -0.15) is 26.3 Å². The Kier molecular flexibility index (Phi) is 4.51. The van der Waals surface area contributed by atoms with Crippen LogP contribution in [0.25, 0.3) is 0 Å². The maximum Gasteiger partial charge on any atom is 0.434 e. The number of Topliss-reactive ketones (excluding diaryl/α,β-unsaturated/α-hetero) is 1. The summed E-state index contributed by atoms with van der Waals surface area (Å²) in [6, 6.07) is 0.562. The van der Waals surface area contributed by atoms with Gasteiger partial charge in [0.15, 0.2) is 5.78 Å². The Morgan fingerprint density at radius 1 is 1.29 bits per heavy atom. The van der Waals surface area contributed by atoms with E-state index in [-0.39, 0.29) is 16.2 Å².